The lowest BCUT2D eigenvalue weighted by molar-refractivity contribution is -0.0704. The van der Waals surface area contributed by atoms with Crippen molar-refractivity contribution in [2.24, 2.45) is 4.99 Å². The van der Waals surface area contributed by atoms with Gasteiger partial charge in [0.25, 0.3) is 0 Å². The zero-order valence-electron chi connectivity index (χ0n) is 18.2. The quantitative estimate of drug-likeness (QED) is 0.560. The van der Waals surface area contributed by atoms with Crippen LogP contribution in [0.2, 0.25) is 0 Å². The Morgan fingerprint density at radius 3 is 2.31 bits per heavy atom. The number of hydrogen-bond donors (Lipinski definition) is 2. The predicted octanol–water partition coefficient (Wildman–Crippen LogP) is 3.23. The standard InChI is InChI=1S/C22H33N5OS/c1-15-12-27(13-16(2)28-15)14-20-8-6-19(7-9-20)10-24-22(23-5)25-11-21-26-17(3)18(4)29-21/h6-9,15-16H,10-14H2,1-5H3,(H2,23,24,25). The Kier molecular flexibility index (Phi) is 7.64. The number of hydrogen-bond acceptors (Lipinski definition) is 5. The Balaban J connectivity index is 1.46. The lowest BCUT2D eigenvalue weighted by Crippen LogP contribution is -2.44. The first-order chi connectivity index (χ1) is 13.9. The van der Waals surface area contributed by atoms with Crippen LogP contribution >= 0.6 is 11.3 Å². The zero-order valence-corrected chi connectivity index (χ0v) is 19.0. The summed E-state index contributed by atoms with van der Waals surface area (Å²) in [5.74, 6) is 0.788. The number of morpholine rings is 1. The van der Waals surface area contributed by atoms with Crippen LogP contribution in [0.4, 0.5) is 0 Å². The van der Waals surface area contributed by atoms with Gasteiger partial charge in [0, 0.05) is 38.1 Å². The summed E-state index contributed by atoms with van der Waals surface area (Å²) >= 11 is 1.73. The third-order valence-electron chi connectivity index (χ3n) is 5.09. The van der Waals surface area contributed by atoms with E-state index in [1.165, 1.54) is 16.0 Å². The minimum Gasteiger partial charge on any atom is -0.373 e. The summed E-state index contributed by atoms with van der Waals surface area (Å²) in [7, 11) is 1.79. The van der Waals surface area contributed by atoms with E-state index in [2.05, 4.69) is 70.5 Å². The summed E-state index contributed by atoms with van der Waals surface area (Å²) in [6.07, 6.45) is 0.609. The second-order valence-corrected chi connectivity index (χ2v) is 9.08. The average molecular weight is 416 g/mol. The molecule has 2 heterocycles. The first-order valence-corrected chi connectivity index (χ1v) is 11.1. The van der Waals surface area contributed by atoms with Gasteiger partial charge in [-0.2, -0.15) is 0 Å². The van der Waals surface area contributed by atoms with Gasteiger partial charge in [0.05, 0.1) is 24.4 Å². The molecule has 1 aliphatic rings. The van der Waals surface area contributed by atoms with Crippen LogP contribution in [-0.2, 0) is 24.4 Å². The van der Waals surface area contributed by atoms with Crippen molar-refractivity contribution in [3.63, 3.8) is 0 Å². The van der Waals surface area contributed by atoms with Gasteiger partial charge in [-0.3, -0.25) is 9.89 Å². The van der Waals surface area contributed by atoms with Crippen molar-refractivity contribution in [1.82, 2.24) is 20.5 Å². The summed E-state index contributed by atoms with van der Waals surface area (Å²) in [6.45, 7) is 12.8. The Morgan fingerprint density at radius 2 is 1.72 bits per heavy atom. The lowest BCUT2D eigenvalue weighted by Gasteiger charge is -2.35. The van der Waals surface area contributed by atoms with E-state index in [4.69, 9.17) is 4.74 Å². The number of aliphatic imine (C=N–C) groups is 1. The van der Waals surface area contributed by atoms with E-state index >= 15 is 0 Å². The minimum absolute atomic E-state index is 0.304. The van der Waals surface area contributed by atoms with Crippen LogP contribution in [0.3, 0.4) is 0 Å². The number of aryl methyl sites for hydroxylation is 2. The van der Waals surface area contributed by atoms with Crippen LogP contribution in [0.25, 0.3) is 0 Å². The Hall–Kier alpha value is -1.96. The first-order valence-electron chi connectivity index (χ1n) is 10.3. The largest absolute Gasteiger partial charge is 0.373 e. The zero-order chi connectivity index (χ0) is 20.8. The van der Waals surface area contributed by atoms with Crippen LogP contribution in [0.1, 0.15) is 40.6 Å². The number of ether oxygens (including phenoxy) is 1. The SMILES string of the molecule is CN=C(NCc1ccc(CN2CC(C)OC(C)C2)cc1)NCc1nc(C)c(C)s1. The molecule has 2 unspecified atom stereocenters. The summed E-state index contributed by atoms with van der Waals surface area (Å²) in [5, 5.41) is 7.80. The van der Waals surface area contributed by atoms with E-state index in [-0.39, 0.29) is 0 Å². The third-order valence-corrected chi connectivity index (χ3v) is 6.16. The van der Waals surface area contributed by atoms with Crippen LogP contribution in [0.5, 0.6) is 0 Å². The molecule has 3 rings (SSSR count). The van der Waals surface area contributed by atoms with Crippen molar-refractivity contribution in [3.8, 4) is 0 Å². The van der Waals surface area contributed by atoms with E-state index in [0.29, 0.717) is 18.8 Å². The number of benzene rings is 1. The maximum absolute atomic E-state index is 5.82. The number of rotatable bonds is 6. The van der Waals surface area contributed by atoms with Crippen molar-refractivity contribution in [1.29, 1.82) is 0 Å². The molecule has 0 aliphatic carbocycles. The number of aromatic nitrogens is 1. The van der Waals surface area contributed by atoms with Crippen LogP contribution in [-0.4, -0.2) is 48.2 Å². The normalized spacial score (nSPS) is 20.7. The van der Waals surface area contributed by atoms with Crippen molar-refractivity contribution in [3.05, 3.63) is 51.0 Å². The third kappa shape index (κ3) is 6.52. The fourth-order valence-electron chi connectivity index (χ4n) is 3.61. The molecule has 2 atom stereocenters. The Labute approximate surface area is 178 Å². The maximum Gasteiger partial charge on any atom is 0.191 e. The topological polar surface area (TPSA) is 61.8 Å². The van der Waals surface area contributed by atoms with E-state index in [0.717, 1.165) is 42.8 Å². The highest BCUT2D eigenvalue weighted by atomic mass is 32.1. The summed E-state index contributed by atoms with van der Waals surface area (Å²) in [6, 6.07) is 8.82. The second kappa shape index (κ2) is 10.2. The fraction of sp³-hybridized carbons (Fsp3) is 0.545. The Bertz CT molecular complexity index is 788. The fourth-order valence-corrected chi connectivity index (χ4v) is 4.49. The van der Waals surface area contributed by atoms with Gasteiger partial charge in [-0.25, -0.2) is 4.98 Å². The van der Waals surface area contributed by atoms with Gasteiger partial charge in [-0.15, -0.1) is 11.3 Å². The second-order valence-electron chi connectivity index (χ2n) is 7.80. The molecule has 1 saturated heterocycles. The molecule has 2 N–H and O–H groups in total. The van der Waals surface area contributed by atoms with Gasteiger partial charge in [-0.05, 0) is 38.8 Å². The summed E-state index contributed by atoms with van der Waals surface area (Å²) < 4.78 is 5.82. The molecule has 1 aromatic heterocycles. The highest BCUT2D eigenvalue weighted by Gasteiger charge is 2.21. The van der Waals surface area contributed by atoms with Gasteiger partial charge in [-0.1, -0.05) is 24.3 Å². The summed E-state index contributed by atoms with van der Waals surface area (Å²) in [4.78, 5) is 12.6. The molecule has 0 saturated carbocycles. The smallest absolute Gasteiger partial charge is 0.191 e. The molecule has 0 amide bonds. The molecule has 0 bridgehead atoms. The lowest BCUT2D eigenvalue weighted by atomic mass is 10.1. The highest BCUT2D eigenvalue weighted by Crippen LogP contribution is 2.16. The van der Waals surface area contributed by atoms with Crippen LogP contribution < -0.4 is 10.6 Å². The van der Waals surface area contributed by atoms with Crippen molar-refractivity contribution in [2.45, 2.75) is 59.5 Å². The molecule has 2 aromatic rings. The first kappa shape index (κ1) is 21.7. The van der Waals surface area contributed by atoms with Crippen molar-refractivity contribution in [2.75, 3.05) is 20.1 Å². The van der Waals surface area contributed by atoms with Crippen LogP contribution in [0, 0.1) is 13.8 Å². The van der Waals surface area contributed by atoms with E-state index in [9.17, 15) is 0 Å². The summed E-state index contributed by atoms with van der Waals surface area (Å²) in [5.41, 5.74) is 3.68. The minimum atomic E-state index is 0.304. The van der Waals surface area contributed by atoms with Gasteiger partial charge >= 0.3 is 0 Å². The van der Waals surface area contributed by atoms with E-state index in [1.54, 1.807) is 18.4 Å². The van der Waals surface area contributed by atoms with Crippen LogP contribution in [0.15, 0.2) is 29.3 Å². The molecule has 29 heavy (non-hydrogen) atoms. The van der Waals surface area contributed by atoms with Gasteiger partial charge < -0.3 is 15.4 Å². The molecule has 1 aromatic carbocycles. The number of thiazole rings is 1. The molecular weight excluding hydrogens is 382 g/mol. The number of nitrogens with one attached hydrogen (secondary N) is 2. The maximum atomic E-state index is 5.82. The molecule has 7 heteroatoms. The molecule has 1 aliphatic heterocycles. The molecule has 158 valence electrons. The number of guanidine groups is 1. The van der Waals surface area contributed by atoms with E-state index in [1.807, 2.05) is 6.92 Å². The van der Waals surface area contributed by atoms with Gasteiger partial charge in [0.2, 0.25) is 0 Å². The molecular formula is C22H33N5OS. The molecule has 0 spiro atoms. The van der Waals surface area contributed by atoms with Gasteiger partial charge in [0.1, 0.15) is 5.01 Å². The van der Waals surface area contributed by atoms with E-state index < -0.39 is 0 Å². The highest BCUT2D eigenvalue weighted by molar-refractivity contribution is 7.11. The Morgan fingerprint density at radius 1 is 1.10 bits per heavy atom. The monoisotopic (exact) mass is 415 g/mol. The number of nitrogens with zero attached hydrogens (tertiary/aromatic N) is 3. The predicted molar refractivity (Wildman–Crippen MR) is 120 cm³/mol. The molecule has 0 radical (unpaired) electrons. The molecule has 1 fully saturated rings. The van der Waals surface area contributed by atoms with Crippen molar-refractivity contribution >= 4 is 17.3 Å². The average Bonchev–Trinajstić information content (AvgIpc) is 3.00. The van der Waals surface area contributed by atoms with Gasteiger partial charge in [0.15, 0.2) is 5.96 Å². The molecule has 6 nitrogen and oxygen atoms in total. The van der Waals surface area contributed by atoms with Crippen molar-refractivity contribution < 1.29 is 4.74 Å².